The highest BCUT2D eigenvalue weighted by molar-refractivity contribution is 5.95. The van der Waals surface area contributed by atoms with Crippen LogP contribution in [-0.4, -0.2) is 22.3 Å². The monoisotopic (exact) mass is 384 g/mol. The summed E-state index contributed by atoms with van der Waals surface area (Å²) in [5.41, 5.74) is 2.32. The Hall–Kier alpha value is -2.10. The molecule has 0 N–H and O–H groups in total. The number of unbranched alkanes of at least 4 members (excludes halogenated alkanes) is 9. The lowest BCUT2D eigenvalue weighted by molar-refractivity contribution is 0.0942. The molecule has 1 heterocycles. The Kier molecular flexibility index (Phi) is 9.81. The zero-order valence-corrected chi connectivity index (χ0v) is 17.9. The van der Waals surface area contributed by atoms with E-state index in [4.69, 9.17) is 4.74 Å². The predicted octanol–water partition coefficient (Wildman–Crippen LogP) is 6.49. The van der Waals surface area contributed by atoms with E-state index in [1.54, 1.807) is 0 Å². The van der Waals surface area contributed by atoms with Crippen molar-refractivity contribution in [3.8, 4) is 5.75 Å². The molecule has 0 amide bonds. The number of ether oxygens (including phenoxy) is 1. The normalized spacial score (nSPS) is 11.0. The van der Waals surface area contributed by atoms with Crippen molar-refractivity contribution in [1.82, 2.24) is 9.78 Å². The molecule has 2 aromatic rings. The summed E-state index contributed by atoms with van der Waals surface area (Å²) in [6.45, 7) is 6.78. The van der Waals surface area contributed by atoms with Gasteiger partial charge in [0.05, 0.1) is 12.3 Å². The highest BCUT2D eigenvalue weighted by Gasteiger charge is 2.12. The molecule has 0 fully saturated rings. The van der Waals surface area contributed by atoms with Crippen LogP contribution in [0, 0.1) is 13.8 Å². The summed E-state index contributed by atoms with van der Waals surface area (Å²) < 4.78 is 7.27. The van der Waals surface area contributed by atoms with Crippen LogP contribution in [0.3, 0.4) is 0 Å². The van der Waals surface area contributed by atoms with Gasteiger partial charge in [-0.05, 0) is 50.6 Å². The van der Waals surface area contributed by atoms with E-state index < -0.39 is 0 Å². The number of benzene rings is 1. The molecule has 0 spiro atoms. The fraction of sp³-hybridized carbons (Fsp3) is 0.583. The lowest BCUT2D eigenvalue weighted by Gasteiger charge is -2.08. The maximum Gasteiger partial charge on any atom is 0.278 e. The second-order valence-electron chi connectivity index (χ2n) is 7.70. The number of aromatic nitrogens is 2. The number of hydrogen-bond acceptors (Lipinski definition) is 3. The Morgan fingerprint density at radius 3 is 2.00 bits per heavy atom. The first-order valence-corrected chi connectivity index (χ1v) is 10.9. The Bertz CT molecular complexity index is 704. The number of carbonyl (C=O) groups is 1. The molecule has 4 heteroatoms. The van der Waals surface area contributed by atoms with Crippen molar-refractivity contribution in [3.05, 3.63) is 47.3 Å². The predicted molar refractivity (Wildman–Crippen MR) is 115 cm³/mol. The molecule has 0 radical (unpaired) electrons. The van der Waals surface area contributed by atoms with Crippen LogP contribution in [0.15, 0.2) is 30.3 Å². The van der Waals surface area contributed by atoms with Gasteiger partial charge >= 0.3 is 0 Å². The number of carbonyl (C=O) groups excluding carboxylic acids is 1. The van der Waals surface area contributed by atoms with Crippen molar-refractivity contribution in [2.24, 2.45) is 0 Å². The SMILES string of the molecule is CCCCCCCCCCCCOc1ccc(C(=O)n2nc(C)cc2C)cc1. The van der Waals surface area contributed by atoms with Gasteiger partial charge in [-0.25, -0.2) is 4.68 Å². The Balaban J connectivity index is 1.60. The van der Waals surface area contributed by atoms with Crippen LogP contribution in [0.2, 0.25) is 0 Å². The van der Waals surface area contributed by atoms with Crippen molar-refractivity contribution in [2.75, 3.05) is 6.61 Å². The Morgan fingerprint density at radius 2 is 1.46 bits per heavy atom. The van der Waals surface area contributed by atoms with Gasteiger partial charge in [-0.15, -0.1) is 0 Å². The van der Waals surface area contributed by atoms with Gasteiger partial charge < -0.3 is 4.74 Å². The summed E-state index contributed by atoms with van der Waals surface area (Å²) in [6.07, 6.45) is 13.2. The molecule has 0 saturated heterocycles. The van der Waals surface area contributed by atoms with E-state index in [0.717, 1.165) is 30.2 Å². The van der Waals surface area contributed by atoms with Crippen LogP contribution in [0.1, 0.15) is 92.9 Å². The summed E-state index contributed by atoms with van der Waals surface area (Å²) in [5, 5.41) is 4.25. The van der Waals surface area contributed by atoms with Gasteiger partial charge in [-0.3, -0.25) is 4.79 Å². The third kappa shape index (κ3) is 7.49. The molecule has 0 saturated carbocycles. The fourth-order valence-corrected chi connectivity index (χ4v) is 3.43. The lowest BCUT2D eigenvalue weighted by atomic mass is 10.1. The third-order valence-electron chi connectivity index (χ3n) is 5.07. The van der Waals surface area contributed by atoms with Gasteiger partial charge in [0, 0.05) is 11.3 Å². The standard InChI is InChI=1S/C24H36N2O2/c1-4-5-6-7-8-9-10-11-12-13-18-28-23-16-14-22(15-17-23)24(27)26-21(3)19-20(2)25-26/h14-17,19H,4-13,18H2,1-3H3. The second kappa shape index (κ2) is 12.4. The van der Waals surface area contributed by atoms with Gasteiger partial charge in [0.1, 0.15) is 5.75 Å². The van der Waals surface area contributed by atoms with E-state index >= 15 is 0 Å². The van der Waals surface area contributed by atoms with E-state index in [-0.39, 0.29) is 5.91 Å². The zero-order chi connectivity index (χ0) is 20.2. The van der Waals surface area contributed by atoms with Crippen molar-refractivity contribution in [1.29, 1.82) is 0 Å². The number of nitrogens with zero attached hydrogens (tertiary/aromatic N) is 2. The third-order valence-corrected chi connectivity index (χ3v) is 5.07. The highest BCUT2D eigenvalue weighted by Crippen LogP contribution is 2.15. The van der Waals surface area contributed by atoms with E-state index in [1.165, 1.54) is 62.5 Å². The Morgan fingerprint density at radius 1 is 0.893 bits per heavy atom. The molecule has 0 unspecified atom stereocenters. The quantitative estimate of drug-likeness (QED) is 0.371. The van der Waals surface area contributed by atoms with Crippen molar-refractivity contribution in [2.45, 2.75) is 85.0 Å². The highest BCUT2D eigenvalue weighted by atomic mass is 16.5. The molecule has 4 nitrogen and oxygen atoms in total. The van der Waals surface area contributed by atoms with Crippen LogP contribution in [0.4, 0.5) is 0 Å². The first kappa shape index (κ1) is 22.2. The van der Waals surface area contributed by atoms with E-state index in [2.05, 4.69) is 12.0 Å². The number of hydrogen-bond donors (Lipinski definition) is 0. The fourth-order valence-electron chi connectivity index (χ4n) is 3.43. The molecular formula is C24H36N2O2. The van der Waals surface area contributed by atoms with Crippen LogP contribution in [0.25, 0.3) is 0 Å². The number of rotatable bonds is 13. The molecule has 0 aliphatic heterocycles. The maximum absolute atomic E-state index is 12.5. The van der Waals surface area contributed by atoms with Gasteiger partial charge in [0.15, 0.2) is 0 Å². The number of aryl methyl sites for hydroxylation is 2. The smallest absolute Gasteiger partial charge is 0.278 e. The maximum atomic E-state index is 12.5. The molecule has 154 valence electrons. The van der Waals surface area contributed by atoms with Crippen LogP contribution in [-0.2, 0) is 0 Å². The average Bonchev–Trinajstić information content (AvgIpc) is 3.04. The van der Waals surface area contributed by atoms with Gasteiger partial charge in [0.25, 0.3) is 5.91 Å². The molecule has 0 atom stereocenters. The van der Waals surface area contributed by atoms with Crippen LogP contribution >= 0.6 is 0 Å². The molecule has 1 aromatic carbocycles. The van der Waals surface area contributed by atoms with Gasteiger partial charge in [0.2, 0.25) is 0 Å². The van der Waals surface area contributed by atoms with Gasteiger partial charge in [-0.2, -0.15) is 5.10 Å². The zero-order valence-electron chi connectivity index (χ0n) is 17.9. The summed E-state index contributed by atoms with van der Waals surface area (Å²) in [5.74, 6) is 0.715. The second-order valence-corrected chi connectivity index (χ2v) is 7.70. The summed E-state index contributed by atoms with van der Waals surface area (Å²) in [7, 11) is 0. The lowest BCUT2D eigenvalue weighted by Crippen LogP contribution is -2.15. The molecule has 28 heavy (non-hydrogen) atoms. The van der Waals surface area contributed by atoms with Crippen molar-refractivity contribution < 1.29 is 9.53 Å². The molecule has 1 aromatic heterocycles. The van der Waals surface area contributed by atoms with E-state index in [9.17, 15) is 4.79 Å². The molecule has 0 aliphatic carbocycles. The first-order valence-electron chi connectivity index (χ1n) is 10.9. The molecule has 2 rings (SSSR count). The molecule has 0 aliphatic rings. The Labute approximate surface area is 170 Å². The first-order chi connectivity index (χ1) is 13.6. The largest absolute Gasteiger partial charge is 0.494 e. The van der Waals surface area contributed by atoms with E-state index in [0.29, 0.717) is 5.56 Å². The van der Waals surface area contributed by atoms with Crippen LogP contribution in [0.5, 0.6) is 5.75 Å². The van der Waals surface area contributed by atoms with Crippen LogP contribution < -0.4 is 4.74 Å². The minimum atomic E-state index is -0.105. The van der Waals surface area contributed by atoms with Crippen molar-refractivity contribution >= 4 is 5.91 Å². The summed E-state index contributed by atoms with van der Waals surface area (Å²) in [6, 6.07) is 9.27. The minimum Gasteiger partial charge on any atom is -0.494 e. The van der Waals surface area contributed by atoms with Gasteiger partial charge in [-0.1, -0.05) is 64.7 Å². The minimum absolute atomic E-state index is 0.105. The average molecular weight is 385 g/mol. The van der Waals surface area contributed by atoms with E-state index in [1.807, 2.05) is 44.2 Å². The molecule has 0 bridgehead atoms. The van der Waals surface area contributed by atoms with Crippen molar-refractivity contribution in [3.63, 3.8) is 0 Å². The topological polar surface area (TPSA) is 44.1 Å². The molecular weight excluding hydrogens is 348 g/mol. The summed E-state index contributed by atoms with van der Waals surface area (Å²) in [4.78, 5) is 12.5. The summed E-state index contributed by atoms with van der Waals surface area (Å²) >= 11 is 0.